The number of nitrogens with zero attached hydrogens (tertiary/aromatic N) is 3. The molecule has 4 aromatic rings. The van der Waals surface area contributed by atoms with Crippen molar-refractivity contribution in [2.45, 2.75) is 44.3 Å². The molecule has 0 unspecified atom stereocenters. The lowest BCUT2D eigenvalue weighted by molar-refractivity contribution is -0.127. The van der Waals surface area contributed by atoms with Gasteiger partial charge in [-0.3, -0.25) is 14.3 Å². The van der Waals surface area contributed by atoms with E-state index in [0.717, 1.165) is 5.39 Å². The van der Waals surface area contributed by atoms with E-state index in [4.69, 9.17) is 14.5 Å². The van der Waals surface area contributed by atoms with Crippen molar-refractivity contribution in [3.05, 3.63) is 71.3 Å². The summed E-state index contributed by atoms with van der Waals surface area (Å²) in [6, 6.07) is 10.5. The Labute approximate surface area is 254 Å². The highest BCUT2D eigenvalue weighted by Gasteiger charge is 2.46. The second-order valence-electron chi connectivity index (χ2n) is 12.2. The molecule has 0 radical (unpaired) electrons. The Morgan fingerprint density at radius 2 is 1.82 bits per heavy atom. The number of aliphatic hydroxyl groups is 2. The first kappa shape index (κ1) is 30.9. The zero-order valence-electron chi connectivity index (χ0n) is 25.5. The van der Waals surface area contributed by atoms with Crippen LogP contribution in [-0.4, -0.2) is 69.2 Å². The standard InChI is InChI=1S/C32H36FN5O6/c1-30(2,41)15-35-29(40)31(3)17-44-27-22(31)13-24(36-26(27)18-7-9-21(33)10-8-18)32(4,42)16-34-28(39)19-11-20-14-38(5)37-25(20)23(12-19)43-6/h7-14,41-42H,15-17H2,1-6H3,(H,34,39)(H,35,40)/t31-,32-/m0/s1. The quantitative estimate of drug-likeness (QED) is 0.228. The molecule has 1 aliphatic heterocycles. The molecule has 12 heteroatoms. The van der Waals surface area contributed by atoms with Crippen LogP contribution in [0.1, 0.15) is 49.3 Å². The van der Waals surface area contributed by atoms with E-state index >= 15 is 0 Å². The normalized spacial score (nSPS) is 17.5. The third-order valence-corrected chi connectivity index (χ3v) is 7.69. The summed E-state index contributed by atoms with van der Waals surface area (Å²) >= 11 is 0. The van der Waals surface area contributed by atoms with Gasteiger partial charge >= 0.3 is 0 Å². The molecular formula is C32H36FN5O6. The molecule has 3 heterocycles. The van der Waals surface area contributed by atoms with Crippen molar-refractivity contribution in [3.63, 3.8) is 0 Å². The van der Waals surface area contributed by atoms with Crippen molar-refractivity contribution in [1.82, 2.24) is 25.4 Å². The van der Waals surface area contributed by atoms with E-state index in [9.17, 15) is 24.2 Å². The zero-order chi connectivity index (χ0) is 32.0. The molecule has 2 amide bonds. The van der Waals surface area contributed by atoms with Gasteiger partial charge in [0.2, 0.25) is 5.91 Å². The van der Waals surface area contributed by atoms with Gasteiger partial charge in [0.25, 0.3) is 5.91 Å². The molecule has 0 bridgehead atoms. The second-order valence-corrected chi connectivity index (χ2v) is 12.2. The number of amides is 2. The van der Waals surface area contributed by atoms with Crippen LogP contribution < -0.4 is 20.1 Å². The number of nitrogens with one attached hydrogen (secondary N) is 2. The summed E-state index contributed by atoms with van der Waals surface area (Å²) in [5.41, 5.74) is -1.63. The van der Waals surface area contributed by atoms with E-state index in [-0.39, 0.29) is 31.3 Å². The summed E-state index contributed by atoms with van der Waals surface area (Å²) in [7, 11) is 3.27. The van der Waals surface area contributed by atoms with Crippen LogP contribution in [-0.2, 0) is 22.9 Å². The minimum atomic E-state index is -1.70. The average Bonchev–Trinajstić information content (AvgIpc) is 3.53. The first-order chi connectivity index (χ1) is 20.6. The number of aryl methyl sites for hydroxylation is 1. The smallest absolute Gasteiger partial charge is 0.251 e. The van der Waals surface area contributed by atoms with Gasteiger partial charge in [-0.2, -0.15) is 5.10 Å². The molecule has 0 fully saturated rings. The van der Waals surface area contributed by atoms with Crippen LogP contribution in [0.2, 0.25) is 0 Å². The first-order valence-electron chi connectivity index (χ1n) is 14.1. The fraction of sp³-hybridized carbons (Fsp3) is 0.375. The Morgan fingerprint density at radius 3 is 2.48 bits per heavy atom. The van der Waals surface area contributed by atoms with Gasteiger partial charge in [0.1, 0.15) is 46.1 Å². The number of pyridine rings is 1. The molecule has 232 valence electrons. The highest BCUT2D eigenvalue weighted by Crippen LogP contribution is 2.45. The highest BCUT2D eigenvalue weighted by molar-refractivity contribution is 6.00. The van der Waals surface area contributed by atoms with E-state index in [1.165, 1.54) is 38.3 Å². The molecule has 11 nitrogen and oxygen atoms in total. The number of hydrogen-bond donors (Lipinski definition) is 4. The molecule has 0 saturated heterocycles. The van der Waals surface area contributed by atoms with Crippen LogP contribution in [0.15, 0.2) is 48.7 Å². The lowest BCUT2D eigenvalue weighted by Crippen LogP contribution is -2.48. The van der Waals surface area contributed by atoms with E-state index < -0.39 is 28.3 Å². The Balaban J connectivity index is 1.49. The maximum Gasteiger partial charge on any atom is 0.251 e. The monoisotopic (exact) mass is 605 g/mol. The van der Waals surface area contributed by atoms with Gasteiger partial charge in [-0.15, -0.1) is 0 Å². The number of hydrogen-bond acceptors (Lipinski definition) is 8. The summed E-state index contributed by atoms with van der Waals surface area (Å²) in [5.74, 6) is -0.500. The summed E-state index contributed by atoms with van der Waals surface area (Å²) in [5, 5.41) is 32.5. The molecule has 5 rings (SSSR count). The van der Waals surface area contributed by atoms with Crippen molar-refractivity contribution in [3.8, 4) is 22.8 Å². The molecule has 1 aliphatic rings. The molecule has 0 saturated carbocycles. The predicted molar refractivity (Wildman–Crippen MR) is 161 cm³/mol. The maximum atomic E-state index is 13.8. The third-order valence-electron chi connectivity index (χ3n) is 7.69. The van der Waals surface area contributed by atoms with Crippen LogP contribution >= 0.6 is 0 Å². The van der Waals surface area contributed by atoms with Crippen molar-refractivity contribution in [2.24, 2.45) is 7.05 Å². The number of carbonyl (C=O) groups excluding carboxylic acids is 2. The van der Waals surface area contributed by atoms with Crippen molar-refractivity contribution < 1.29 is 33.7 Å². The maximum absolute atomic E-state index is 13.8. The number of ether oxygens (including phenoxy) is 2. The summed E-state index contributed by atoms with van der Waals surface area (Å²) in [6.07, 6.45) is 1.77. The lowest BCUT2D eigenvalue weighted by Gasteiger charge is -2.28. The van der Waals surface area contributed by atoms with E-state index in [0.29, 0.717) is 39.4 Å². The number of halogens is 1. The molecule has 4 N–H and O–H groups in total. The highest BCUT2D eigenvalue weighted by atomic mass is 19.1. The predicted octanol–water partition coefficient (Wildman–Crippen LogP) is 2.96. The van der Waals surface area contributed by atoms with Gasteiger partial charge in [0, 0.05) is 41.9 Å². The molecule has 2 aromatic heterocycles. The number of rotatable bonds is 9. The van der Waals surface area contributed by atoms with Crippen LogP contribution in [0, 0.1) is 5.82 Å². The van der Waals surface area contributed by atoms with E-state index in [2.05, 4.69) is 15.7 Å². The minimum Gasteiger partial charge on any atom is -0.494 e. The van der Waals surface area contributed by atoms with Gasteiger partial charge in [-0.25, -0.2) is 9.37 Å². The molecular weight excluding hydrogens is 569 g/mol. The van der Waals surface area contributed by atoms with Gasteiger partial charge in [-0.1, -0.05) is 0 Å². The summed E-state index contributed by atoms with van der Waals surface area (Å²) in [6.45, 7) is 6.14. The minimum absolute atomic E-state index is 0.0128. The largest absolute Gasteiger partial charge is 0.494 e. The van der Waals surface area contributed by atoms with Crippen LogP contribution in [0.3, 0.4) is 0 Å². The Hall–Kier alpha value is -4.55. The topological polar surface area (TPSA) is 148 Å². The van der Waals surface area contributed by atoms with E-state index in [1.807, 2.05) is 0 Å². The van der Waals surface area contributed by atoms with Gasteiger partial charge in [0.05, 0.1) is 24.9 Å². The van der Waals surface area contributed by atoms with Gasteiger partial charge in [0.15, 0.2) is 0 Å². The summed E-state index contributed by atoms with van der Waals surface area (Å²) in [4.78, 5) is 31.4. The molecule has 44 heavy (non-hydrogen) atoms. The summed E-state index contributed by atoms with van der Waals surface area (Å²) < 4.78 is 26.9. The fourth-order valence-corrected chi connectivity index (χ4v) is 5.10. The van der Waals surface area contributed by atoms with Crippen molar-refractivity contribution in [1.29, 1.82) is 0 Å². The number of fused-ring (bicyclic) bond motifs is 2. The number of methoxy groups -OCH3 is 1. The average molecular weight is 606 g/mol. The zero-order valence-corrected chi connectivity index (χ0v) is 25.5. The van der Waals surface area contributed by atoms with Gasteiger partial charge in [-0.05, 0) is 70.2 Å². The van der Waals surface area contributed by atoms with Gasteiger partial charge < -0.3 is 30.3 Å². The lowest BCUT2D eigenvalue weighted by atomic mass is 9.81. The molecule has 2 atom stereocenters. The Bertz CT molecular complexity index is 1740. The first-order valence-corrected chi connectivity index (χ1v) is 14.1. The van der Waals surface area contributed by atoms with E-state index in [1.54, 1.807) is 56.9 Å². The fourth-order valence-electron chi connectivity index (χ4n) is 5.10. The third kappa shape index (κ3) is 5.95. The van der Waals surface area contributed by atoms with Crippen molar-refractivity contribution in [2.75, 3.05) is 26.8 Å². The molecule has 0 spiro atoms. The van der Waals surface area contributed by atoms with Crippen LogP contribution in [0.25, 0.3) is 22.2 Å². The van der Waals surface area contributed by atoms with Crippen LogP contribution in [0.4, 0.5) is 4.39 Å². The Morgan fingerprint density at radius 1 is 1.11 bits per heavy atom. The number of aromatic nitrogens is 3. The molecule has 2 aromatic carbocycles. The number of carbonyl (C=O) groups is 2. The SMILES string of the molecule is COc1cc(C(=O)NC[C@](C)(O)c2cc3c(c(-c4ccc(F)cc4)n2)OC[C@]3(C)C(=O)NCC(C)(C)O)cc2cn(C)nc12. The number of benzene rings is 2. The van der Waals surface area contributed by atoms with Crippen molar-refractivity contribution >= 4 is 22.7 Å². The Kier molecular flexibility index (Phi) is 7.85. The second kappa shape index (κ2) is 11.2. The van der Waals surface area contributed by atoms with Crippen LogP contribution in [0.5, 0.6) is 11.5 Å². The molecule has 0 aliphatic carbocycles.